The minimum atomic E-state index is -0.691. The zero-order valence-electron chi connectivity index (χ0n) is 13.1. The molecule has 9 heteroatoms. The molecule has 1 aromatic rings. The highest BCUT2D eigenvalue weighted by atomic mass is 16.2. The topological polar surface area (TPSA) is 122 Å². The second-order valence-electron chi connectivity index (χ2n) is 5.97. The van der Waals surface area contributed by atoms with Crippen molar-refractivity contribution < 1.29 is 9.59 Å². The second-order valence-corrected chi connectivity index (χ2v) is 5.97. The van der Waals surface area contributed by atoms with Crippen molar-refractivity contribution in [3.8, 4) is 0 Å². The van der Waals surface area contributed by atoms with Crippen LogP contribution in [0.15, 0.2) is 6.20 Å². The van der Waals surface area contributed by atoms with Crippen LogP contribution >= 0.6 is 0 Å². The van der Waals surface area contributed by atoms with E-state index in [0.717, 1.165) is 32.5 Å². The normalized spacial score (nSPS) is 21.9. The number of piperidine rings is 1. The third-order valence-corrected chi connectivity index (χ3v) is 4.43. The number of likely N-dealkylation sites (N-methyl/N-ethyl adjacent to an activating group) is 1. The van der Waals surface area contributed by atoms with Gasteiger partial charge < -0.3 is 26.2 Å². The minimum Gasteiger partial charge on any atom is -0.382 e. The summed E-state index contributed by atoms with van der Waals surface area (Å²) in [5.74, 6) is -0.0462. The SMILES string of the molecule is CN1CCN([C@@H]2CCCN(c3cnc(C(N)=O)c(N)n3)C2)C1=O. The molecule has 2 fully saturated rings. The Morgan fingerprint density at radius 2 is 2.13 bits per heavy atom. The van der Waals surface area contributed by atoms with E-state index in [1.165, 1.54) is 6.20 Å². The van der Waals surface area contributed by atoms with Crippen molar-refractivity contribution in [3.05, 3.63) is 11.9 Å². The zero-order valence-corrected chi connectivity index (χ0v) is 13.1. The van der Waals surface area contributed by atoms with Gasteiger partial charge in [0.05, 0.1) is 12.2 Å². The van der Waals surface area contributed by atoms with E-state index in [2.05, 4.69) is 9.97 Å². The Labute approximate surface area is 134 Å². The fourth-order valence-corrected chi connectivity index (χ4v) is 3.16. The van der Waals surface area contributed by atoms with E-state index in [0.29, 0.717) is 12.4 Å². The van der Waals surface area contributed by atoms with Crippen LogP contribution in [0.4, 0.5) is 16.4 Å². The van der Waals surface area contributed by atoms with Crippen LogP contribution in [0.1, 0.15) is 23.3 Å². The molecule has 2 aliphatic heterocycles. The maximum atomic E-state index is 12.2. The summed E-state index contributed by atoms with van der Waals surface area (Å²) in [6, 6.07) is 0.228. The quantitative estimate of drug-likeness (QED) is 0.774. The number of carbonyl (C=O) groups is 2. The first kappa shape index (κ1) is 15.3. The Balaban J connectivity index is 1.75. The number of amides is 3. The van der Waals surface area contributed by atoms with Gasteiger partial charge in [-0.15, -0.1) is 0 Å². The minimum absolute atomic E-state index is 0.0151. The van der Waals surface area contributed by atoms with Gasteiger partial charge in [0.25, 0.3) is 5.91 Å². The first-order chi connectivity index (χ1) is 11.0. The number of anilines is 2. The van der Waals surface area contributed by atoms with Crippen molar-refractivity contribution in [2.45, 2.75) is 18.9 Å². The lowest BCUT2D eigenvalue weighted by molar-refractivity contribution is 0.0996. The Kier molecular flexibility index (Phi) is 3.93. The van der Waals surface area contributed by atoms with Gasteiger partial charge in [0.15, 0.2) is 11.5 Å². The first-order valence-electron chi connectivity index (χ1n) is 7.66. The van der Waals surface area contributed by atoms with Gasteiger partial charge in [-0.1, -0.05) is 0 Å². The standard InChI is InChI=1S/C14H21N7O2/c1-19-5-6-21(14(19)23)9-3-2-4-20(8-9)10-7-17-11(13(16)22)12(15)18-10/h7,9H,2-6,8H2,1H3,(H2,15,18)(H2,16,22)/t9-/m1/s1. The molecule has 3 heterocycles. The van der Waals surface area contributed by atoms with Crippen LogP contribution in [0, 0.1) is 0 Å². The molecule has 23 heavy (non-hydrogen) atoms. The molecule has 3 rings (SSSR count). The molecule has 3 amide bonds. The van der Waals surface area contributed by atoms with E-state index in [-0.39, 0.29) is 23.6 Å². The lowest BCUT2D eigenvalue weighted by Gasteiger charge is -2.37. The van der Waals surface area contributed by atoms with Crippen molar-refractivity contribution in [1.82, 2.24) is 19.8 Å². The zero-order chi connectivity index (χ0) is 16.6. The highest BCUT2D eigenvalue weighted by Gasteiger charge is 2.34. The van der Waals surface area contributed by atoms with Gasteiger partial charge >= 0.3 is 6.03 Å². The van der Waals surface area contributed by atoms with E-state index in [9.17, 15) is 9.59 Å². The summed E-state index contributed by atoms with van der Waals surface area (Å²) < 4.78 is 0. The van der Waals surface area contributed by atoms with Crippen molar-refractivity contribution in [2.24, 2.45) is 5.73 Å². The molecule has 0 spiro atoms. The number of hydrogen-bond donors (Lipinski definition) is 2. The van der Waals surface area contributed by atoms with Gasteiger partial charge in [-0.3, -0.25) is 4.79 Å². The predicted molar refractivity (Wildman–Crippen MR) is 84.9 cm³/mol. The summed E-state index contributed by atoms with van der Waals surface area (Å²) in [5, 5.41) is 0. The maximum Gasteiger partial charge on any atom is 0.320 e. The van der Waals surface area contributed by atoms with Gasteiger partial charge in [-0.05, 0) is 12.8 Å². The largest absolute Gasteiger partial charge is 0.382 e. The molecule has 0 radical (unpaired) electrons. The number of rotatable bonds is 3. The summed E-state index contributed by atoms with van der Waals surface area (Å²) in [7, 11) is 1.82. The van der Waals surface area contributed by atoms with E-state index in [4.69, 9.17) is 11.5 Å². The Bertz CT molecular complexity index is 636. The molecule has 2 saturated heterocycles. The van der Waals surface area contributed by atoms with E-state index in [1.54, 1.807) is 4.90 Å². The number of nitrogens with two attached hydrogens (primary N) is 2. The number of hydrogen-bond acceptors (Lipinski definition) is 6. The first-order valence-corrected chi connectivity index (χ1v) is 7.66. The molecule has 0 aromatic carbocycles. The molecule has 0 aliphatic carbocycles. The van der Waals surface area contributed by atoms with Crippen molar-refractivity contribution in [1.29, 1.82) is 0 Å². The van der Waals surface area contributed by atoms with Crippen LogP contribution < -0.4 is 16.4 Å². The van der Waals surface area contributed by atoms with Gasteiger partial charge in [-0.25, -0.2) is 14.8 Å². The number of carbonyl (C=O) groups excluding carboxylic acids is 2. The van der Waals surface area contributed by atoms with Crippen LogP contribution in [-0.4, -0.2) is 71.0 Å². The van der Waals surface area contributed by atoms with Crippen LogP contribution in [-0.2, 0) is 0 Å². The number of nitrogens with zero attached hydrogens (tertiary/aromatic N) is 5. The molecular weight excluding hydrogens is 298 g/mol. The smallest absolute Gasteiger partial charge is 0.320 e. The molecule has 4 N–H and O–H groups in total. The molecule has 2 aliphatic rings. The fraction of sp³-hybridized carbons (Fsp3) is 0.571. The second kappa shape index (κ2) is 5.90. The Morgan fingerprint density at radius 3 is 2.74 bits per heavy atom. The summed E-state index contributed by atoms with van der Waals surface area (Å²) in [5.41, 5.74) is 10.9. The maximum absolute atomic E-state index is 12.2. The van der Waals surface area contributed by atoms with E-state index < -0.39 is 5.91 Å². The highest BCUT2D eigenvalue weighted by Crippen LogP contribution is 2.24. The predicted octanol–water partition coefficient (Wildman–Crippen LogP) is -0.506. The van der Waals surface area contributed by atoms with Gasteiger partial charge in [0, 0.05) is 33.2 Å². The molecule has 1 aromatic heterocycles. The Hall–Kier alpha value is -2.58. The van der Waals surface area contributed by atoms with Crippen molar-refractivity contribution in [2.75, 3.05) is 43.9 Å². The molecular formula is C14H21N7O2. The lowest BCUT2D eigenvalue weighted by Crippen LogP contribution is -2.49. The average Bonchev–Trinajstić information content (AvgIpc) is 2.86. The molecule has 0 saturated carbocycles. The third-order valence-electron chi connectivity index (χ3n) is 4.43. The van der Waals surface area contributed by atoms with Gasteiger partial charge in [-0.2, -0.15) is 0 Å². The summed E-state index contributed by atoms with van der Waals surface area (Å²) in [6.07, 6.45) is 3.44. The van der Waals surface area contributed by atoms with Crippen LogP contribution in [0.2, 0.25) is 0 Å². The highest BCUT2D eigenvalue weighted by molar-refractivity contribution is 5.95. The van der Waals surface area contributed by atoms with Crippen molar-refractivity contribution in [3.63, 3.8) is 0 Å². The Morgan fingerprint density at radius 1 is 1.35 bits per heavy atom. The number of urea groups is 1. The molecule has 0 bridgehead atoms. The van der Waals surface area contributed by atoms with Crippen LogP contribution in [0.3, 0.4) is 0 Å². The molecule has 1 atom stereocenters. The van der Waals surface area contributed by atoms with Crippen LogP contribution in [0.25, 0.3) is 0 Å². The number of nitrogen functional groups attached to an aromatic ring is 1. The van der Waals surface area contributed by atoms with Crippen LogP contribution in [0.5, 0.6) is 0 Å². The fourth-order valence-electron chi connectivity index (χ4n) is 3.16. The van der Waals surface area contributed by atoms with Crippen molar-refractivity contribution >= 4 is 23.6 Å². The molecule has 9 nitrogen and oxygen atoms in total. The monoisotopic (exact) mass is 319 g/mol. The van der Waals surface area contributed by atoms with E-state index in [1.807, 2.05) is 16.8 Å². The lowest BCUT2D eigenvalue weighted by atomic mass is 10.0. The third kappa shape index (κ3) is 2.86. The van der Waals surface area contributed by atoms with Gasteiger partial charge in [0.1, 0.15) is 5.82 Å². The summed E-state index contributed by atoms with van der Waals surface area (Å²) in [6.45, 7) is 3.01. The van der Waals surface area contributed by atoms with E-state index >= 15 is 0 Å². The number of primary amides is 1. The van der Waals surface area contributed by atoms with Gasteiger partial charge in [0.2, 0.25) is 0 Å². The molecule has 124 valence electrons. The summed E-state index contributed by atoms with van der Waals surface area (Å²) >= 11 is 0. The molecule has 0 unspecified atom stereocenters. The average molecular weight is 319 g/mol. The number of aromatic nitrogens is 2. The summed E-state index contributed by atoms with van der Waals surface area (Å²) in [4.78, 5) is 37.3.